The van der Waals surface area contributed by atoms with Gasteiger partial charge in [-0.25, -0.2) is 0 Å². The minimum Gasteiger partial charge on any atom is -0.367 e. The summed E-state index contributed by atoms with van der Waals surface area (Å²) in [6, 6.07) is 3.24. The van der Waals surface area contributed by atoms with E-state index in [0.717, 1.165) is 13.1 Å². The number of anilines is 1. The van der Waals surface area contributed by atoms with Crippen molar-refractivity contribution in [2.45, 2.75) is 73.0 Å². The smallest absolute Gasteiger partial charge is 0.0600 e. The number of nitrogens with zero attached hydrogens (tertiary/aromatic N) is 2. The Bertz CT molecular complexity index is 397. The molecule has 0 radical (unpaired) electrons. The zero-order valence-corrected chi connectivity index (χ0v) is 14.7. The lowest BCUT2D eigenvalue weighted by molar-refractivity contribution is 0.503. The molecule has 0 aliphatic heterocycles. The molecule has 0 saturated heterocycles. The largest absolute Gasteiger partial charge is 0.367 e. The Labute approximate surface area is 131 Å². The third-order valence-electron chi connectivity index (χ3n) is 3.84. The number of pyridine rings is 1. The minimum absolute atomic E-state index is 0.498. The molecule has 1 heterocycles. The predicted octanol–water partition coefficient (Wildman–Crippen LogP) is 4.23. The summed E-state index contributed by atoms with van der Waals surface area (Å²) in [5.41, 5.74) is 2.65. The minimum atomic E-state index is 0.498. The predicted molar refractivity (Wildman–Crippen MR) is 92.8 cm³/mol. The molecule has 3 nitrogen and oxygen atoms in total. The Balaban J connectivity index is 3.05. The molecule has 0 aliphatic rings. The molecular weight excluding hydrogens is 258 g/mol. The molecule has 0 bridgehead atoms. The number of aromatic nitrogens is 1. The molecular formula is C18H33N3. The summed E-state index contributed by atoms with van der Waals surface area (Å²) < 4.78 is 0. The lowest BCUT2D eigenvalue weighted by Crippen LogP contribution is -2.38. The molecule has 1 N–H and O–H groups in total. The summed E-state index contributed by atoms with van der Waals surface area (Å²) in [5, 5.41) is 3.53. The molecule has 0 fully saturated rings. The first kappa shape index (κ1) is 18.0. The van der Waals surface area contributed by atoms with Crippen LogP contribution in [0.1, 0.15) is 59.9 Å². The summed E-state index contributed by atoms with van der Waals surface area (Å²) in [5.74, 6) is 0.650. The number of nitrogens with one attached hydrogen (secondary N) is 1. The van der Waals surface area contributed by atoms with Crippen LogP contribution in [0.3, 0.4) is 0 Å². The Morgan fingerprint density at radius 1 is 1.14 bits per heavy atom. The highest BCUT2D eigenvalue weighted by molar-refractivity contribution is 5.52. The van der Waals surface area contributed by atoms with E-state index in [-0.39, 0.29) is 0 Å². The second-order valence-electron chi connectivity index (χ2n) is 6.56. The first-order valence-electron chi connectivity index (χ1n) is 8.42. The van der Waals surface area contributed by atoms with E-state index in [0.29, 0.717) is 18.0 Å². The Hall–Kier alpha value is -1.09. The van der Waals surface area contributed by atoms with Crippen LogP contribution in [-0.2, 0) is 6.54 Å². The van der Waals surface area contributed by atoms with E-state index in [1.807, 2.05) is 12.4 Å². The topological polar surface area (TPSA) is 28.2 Å². The summed E-state index contributed by atoms with van der Waals surface area (Å²) in [6.45, 7) is 15.5. The monoisotopic (exact) mass is 291 g/mol. The van der Waals surface area contributed by atoms with Crippen molar-refractivity contribution >= 4 is 5.69 Å². The standard InChI is InChI=1S/C18H33N3/c1-7-17(8-2)21(13-14(3)4)18-12-19-10-9-16(18)11-20-15(5)6/h9-10,12,14-15,17,20H,7-8,11,13H2,1-6H3. The molecule has 0 atom stereocenters. The molecule has 3 heteroatoms. The van der Waals surface area contributed by atoms with Crippen LogP contribution < -0.4 is 10.2 Å². The van der Waals surface area contributed by atoms with Gasteiger partial charge in [0.2, 0.25) is 0 Å². The zero-order chi connectivity index (χ0) is 15.8. The van der Waals surface area contributed by atoms with Crippen LogP contribution >= 0.6 is 0 Å². The summed E-state index contributed by atoms with van der Waals surface area (Å²) in [7, 11) is 0. The Morgan fingerprint density at radius 3 is 2.33 bits per heavy atom. The van der Waals surface area contributed by atoms with Crippen molar-refractivity contribution < 1.29 is 0 Å². The van der Waals surface area contributed by atoms with Gasteiger partial charge in [-0.3, -0.25) is 4.98 Å². The first-order chi connectivity index (χ1) is 9.99. The summed E-state index contributed by atoms with van der Waals surface area (Å²) >= 11 is 0. The van der Waals surface area contributed by atoms with Gasteiger partial charge in [-0.05, 0) is 30.4 Å². The second-order valence-corrected chi connectivity index (χ2v) is 6.56. The molecule has 0 amide bonds. The van der Waals surface area contributed by atoms with Crippen molar-refractivity contribution in [2.75, 3.05) is 11.4 Å². The maximum absolute atomic E-state index is 4.38. The second kappa shape index (κ2) is 9.04. The van der Waals surface area contributed by atoms with Crippen molar-refractivity contribution in [2.24, 2.45) is 5.92 Å². The lowest BCUT2D eigenvalue weighted by atomic mass is 10.0. The number of rotatable bonds is 9. The molecule has 120 valence electrons. The van der Waals surface area contributed by atoms with E-state index in [2.05, 4.69) is 62.8 Å². The van der Waals surface area contributed by atoms with Crippen LogP contribution in [0.4, 0.5) is 5.69 Å². The molecule has 0 unspecified atom stereocenters. The highest BCUT2D eigenvalue weighted by Gasteiger charge is 2.19. The van der Waals surface area contributed by atoms with Crippen LogP contribution in [0.25, 0.3) is 0 Å². The lowest BCUT2D eigenvalue weighted by Gasteiger charge is -2.35. The van der Waals surface area contributed by atoms with Gasteiger partial charge in [-0.15, -0.1) is 0 Å². The van der Waals surface area contributed by atoms with Crippen LogP contribution in [0.15, 0.2) is 18.5 Å². The molecule has 0 spiro atoms. The van der Waals surface area contributed by atoms with E-state index >= 15 is 0 Å². The van der Waals surface area contributed by atoms with Crippen molar-refractivity contribution in [3.63, 3.8) is 0 Å². The van der Waals surface area contributed by atoms with Crippen LogP contribution in [0.2, 0.25) is 0 Å². The maximum atomic E-state index is 4.38. The SMILES string of the molecule is CCC(CC)N(CC(C)C)c1cnccc1CNC(C)C. The van der Waals surface area contributed by atoms with E-state index in [1.165, 1.54) is 24.1 Å². The van der Waals surface area contributed by atoms with E-state index in [1.54, 1.807) is 0 Å². The average molecular weight is 291 g/mol. The highest BCUT2D eigenvalue weighted by atomic mass is 15.2. The molecule has 0 saturated carbocycles. The van der Waals surface area contributed by atoms with Gasteiger partial charge >= 0.3 is 0 Å². The van der Waals surface area contributed by atoms with Crippen molar-refractivity contribution in [3.05, 3.63) is 24.0 Å². The fraction of sp³-hybridized carbons (Fsp3) is 0.722. The number of hydrogen-bond donors (Lipinski definition) is 1. The maximum Gasteiger partial charge on any atom is 0.0600 e. The number of hydrogen-bond acceptors (Lipinski definition) is 3. The van der Waals surface area contributed by atoms with Gasteiger partial charge in [0, 0.05) is 31.4 Å². The fourth-order valence-electron chi connectivity index (χ4n) is 2.70. The summed E-state index contributed by atoms with van der Waals surface area (Å²) in [4.78, 5) is 6.95. The Morgan fingerprint density at radius 2 is 1.81 bits per heavy atom. The first-order valence-corrected chi connectivity index (χ1v) is 8.42. The van der Waals surface area contributed by atoms with Gasteiger partial charge < -0.3 is 10.2 Å². The van der Waals surface area contributed by atoms with E-state index < -0.39 is 0 Å². The molecule has 1 aromatic rings. The fourth-order valence-corrected chi connectivity index (χ4v) is 2.70. The van der Waals surface area contributed by atoms with Crippen molar-refractivity contribution in [3.8, 4) is 0 Å². The van der Waals surface area contributed by atoms with Gasteiger partial charge in [0.15, 0.2) is 0 Å². The quantitative estimate of drug-likeness (QED) is 0.738. The zero-order valence-electron chi connectivity index (χ0n) is 14.7. The van der Waals surface area contributed by atoms with Gasteiger partial charge in [-0.1, -0.05) is 41.5 Å². The molecule has 0 aliphatic carbocycles. The van der Waals surface area contributed by atoms with Crippen LogP contribution in [0, 0.1) is 5.92 Å². The van der Waals surface area contributed by atoms with Crippen molar-refractivity contribution in [1.82, 2.24) is 10.3 Å². The van der Waals surface area contributed by atoms with Gasteiger partial charge in [0.1, 0.15) is 0 Å². The van der Waals surface area contributed by atoms with Gasteiger partial charge in [-0.2, -0.15) is 0 Å². The Kier molecular flexibility index (Phi) is 7.73. The third kappa shape index (κ3) is 5.66. The average Bonchev–Trinajstić information content (AvgIpc) is 2.45. The van der Waals surface area contributed by atoms with Crippen molar-refractivity contribution in [1.29, 1.82) is 0 Å². The third-order valence-corrected chi connectivity index (χ3v) is 3.84. The van der Waals surface area contributed by atoms with Gasteiger partial charge in [0.25, 0.3) is 0 Å². The van der Waals surface area contributed by atoms with Crippen LogP contribution in [-0.4, -0.2) is 23.6 Å². The van der Waals surface area contributed by atoms with E-state index in [9.17, 15) is 0 Å². The van der Waals surface area contributed by atoms with Crippen LogP contribution in [0.5, 0.6) is 0 Å². The van der Waals surface area contributed by atoms with Gasteiger partial charge in [0.05, 0.1) is 11.9 Å². The normalized spacial score (nSPS) is 11.7. The van der Waals surface area contributed by atoms with E-state index in [4.69, 9.17) is 0 Å². The molecule has 1 aromatic heterocycles. The molecule has 21 heavy (non-hydrogen) atoms. The molecule has 1 rings (SSSR count). The summed E-state index contributed by atoms with van der Waals surface area (Å²) in [6.07, 6.45) is 6.30. The molecule has 0 aromatic carbocycles. The highest BCUT2D eigenvalue weighted by Crippen LogP contribution is 2.25.